The number of hydrogen-bond acceptors (Lipinski definition) is 4. The van der Waals surface area contributed by atoms with E-state index in [1.165, 1.54) is 25.4 Å². The summed E-state index contributed by atoms with van der Waals surface area (Å²) < 4.78 is 21.1. The number of ether oxygens (including phenoxy) is 1. The number of aromatic nitrogens is 3. The minimum Gasteiger partial charge on any atom is -0.469 e. The molecule has 0 fully saturated rings. The predicted octanol–water partition coefficient (Wildman–Crippen LogP) is 2.49. The second kappa shape index (κ2) is 8.31. The minimum absolute atomic E-state index is 0.232. The third kappa shape index (κ3) is 4.22. The molecule has 3 rings (SSSR count). The van der Waals surface area contributed by atoms with Crippen molar-refractivity contribution < 1.29 is 18.7 Å². The van der Waals surface area contributed by atoms with E-state index in [4.69, 9.17) is 0 Å². The molecule has 0 spiro atoms. The lowest BCUT2D eigenvalue weighted by molar-refractivity contribution is -0.140. The number of benzene rings is 1. The molecule has 27 heavy (non-hydrogen) atoms. The third-order valence-electron chi connectivity index (χ3n) is 3.98. The number of carbonyl (C=O) groups is 2. The zero-order valence-electron chi connectivity index (χ0n) is 14.8. The molecule has 0 atom stereocenters. The molecule has 140 valence electrons. The molecule has 0 saturated carbocycles. The first-order valence-electron chi connectivity index (χ1n) is 8.42. The van der Waals surface area contributed by atoms with Crippen molar-refractivity contribution in [2.45, 2.75) is 12.8 Å². The van der Waals surface area contributed by atoms with Crippen molar-refractivity contribution in [1.29, 1.82) is 0 Å². The normalized spacial score (nSPS) is 10.6. The van der Waals surface area contributed by atoms with Gasteiger partial charge in [-0.2, -0.15) is 5.10 Å². The number of halogens is 1. The SMILES string of the molecule is COC(=O)CCCNC(=O)c1cnn(-c2ccc(F)cc2)c1-n1cccc1. The number of nitrogens with zero attached hydrogens (tertiary/aromatic N) is 3. The predicted molar refractivity (Wildman–Crippen MR) is 96.4 cm³/mol. The van der Waals surface area contributed by atoms with Gasteiger partial charge in [-0.3, -0.25) is 9.59 Å². The molecule has 0 aliphatic carbocycles. The van der Waals surface area contributed by atoms with Crippen molar-refractivity contribution in [3.8, 4) is 11.5 Å². The van der Waals surface area contributed by atoms with Crippen molar-refractivity contribution >= 4 is 11.9 Å². The molecular formula is C19H19FN4O3. The van der Waals surface area contributed by atoms with E-state index in [0.717, 1.165) is 0 Å². The maximum atomic E-state index is 13.2. The van der Waals surface area contributed by atoms with E-state index < -0.39 is 0 Å². The lowest BCUT2D eigenvalue weighted by Gasteiger charge is -2.11. The lowest BCUT2D eigenvalue weighted by Crippen LogP contribution is -2.26. The Morgan fingerprint density at radius 2 is 1.89 bits per heavy atom. The topological polar surface area (TPSA) is 78.2 Å². The van der Waals surface area contributed by atoms with Crippen LogP contribution in [0.25, 0.3) is 11.5 Å². The summed E-state index contributed by atoms with van der Waals surface area (Å²) in [5.41, 5.74) is 0.999. The highest BCUT2D eigenvalue weighted by molar-refractivity contribution is 5.97. The molecule has 7 nitrogen and oxygen atoms in total. The van der Waals surface area contributed by atoms with E-state index in [1.54, 1.807) is 33.8 Å². The summed E-state index contributed by atoms with van der Waals surface area (Å²) in [5.74, 6) is -0.438. The van der Waals surface area contributed by atoms with Gasteiger partial charge in [0.1, 0.15) is 11.4 Å². The maximum Gasteiger partial charge on any atom is 0.305 e. The number of esters is 1. The largest absolute Gasteiger partial charge is 0.469 e. The standard InChI is InChI=1S/C19H19FN4O3/c1-27-17(25)5-4-10-21-18(26)16-13-22-24(15-8-6-14(20)7-9-15)19(16)23-11-2-3-12-23/h2-3,6-9,11-13H,4-5,10H2,1H3,(H,21,26). The smallest absolute Gasteiger partial charge is 0.305 e. The zero-order valence-corrected chi connectivity index (χ0v) is 14.8. The van der Waals surface area contributed by atoms with Crippen LogP contribution in [0.2, 0.25) is 0 Å². The number of methoxy groups -OCH3 is 1. The fraction of sp³-hybridized carbons (Fsp3) is 0.211. The Balaban J connectivity index is 1.84. The molecule has 1 amide bonds. The second-order valence-electron chi connectivity index (χ2n) is 5.80. The van der Waals surface area contributed by atoms with E-state index >= 15 is 0 Å². The lowest BCUT2D eigenvalue weighted by atomic mass is 10.2. The molecule has 2 heterocycles. The molecule has 0 aliphatic rings. The Bertz CT molecular complexity index is 917. The van der Waals surface area contributed by atoms with Crippen LogP contribution >= 0.6 is 0 Å². The first kappa shape index (κ1) is 18.4. The molecule has 1 aromatic carbocycles. The van der Waals surface area contributed by atoms with Crippen molar-refractivity contribution in [2.75, 3.05) is 13.7 Å². The summed E-state index contributed by atoms with van der Waals surface area (Å²) in [5, 5.41) is 7.08. The maximum absolute atomic E-state index is 13.2. The Morgan fingerprint density at radius 3 is 2.56 bits per heavy atom. The number of amides is 1. The van der Waals surface area contributed by atoms with Crippen molar-refractivity contribution in [2.24, 2.45) is 0 Å². The van der Waals surface area contributed by atoms with Crippen LogP contribution in [0.5, 0.6) is 0 Å². The van der Waals surface area contributed by atoms with Gasteiger partial charge in [-0.05, 0) is 42.8 Å². The molecule has 3 aromatic rings. The van der Waals surface area contributed by atoms with Crippen LogP contribution < -0.4 is 5.32 Å². The van der Waals surface area contributed by atoms with Gasteiger partial charge in [-0.1, -0.05) is 0 Å². The summed E-state index contributed by atoms with van der Waals surface area (Å²) in [6, 6.07) is 9.52. The Hall–Kier alpha value is -3.42. The van der Waals surface area contributed by atoms with E-state index in [2.05, 4.69) is 15.2 Å². The minimum atomic E-state index is -0.350. The Kier molecular flexibility index (Phi) is 5.65. The molecule has 0 bridgehead atoms. The van der Waals surface area contributed by atoms with Crippen LogP contribution in [-0.2, 0) is 9.53 Å². The summed E-state index contributed by atoms with van der Waals surface area (Å²) in [6.45, 7) is 0.334. The molecular weight excluding hydrogens is 351 g/mol. The van der Waals surface area contributed by atoms with Crippen LogP contribution in [0.1, 0.15) is 23.2 Å². The molecule has 0 aliphatic heterocycles. The van der Waals surface area contributed by atoms with Gasteiger partial charge < -0.3 is 14.6 Å². The fourth-order valence-corrected chi connectivity index (χ4v) is 2.63. The summed E-state index contributed by atoms with van der Waals surface area (Å²) >= 11 is 0. The molecule has 0 unspecified atom stereocenters. The van der Waals surface area contributed by atoms with Gasteiger partial charge in [-0.15, -0.1) is 0 Å². The highest BCUT2D eigenvalue weighted by atomic mass is 19.1. The van der Waals surface area contributed by atoms with Gasteiger partial charge in [0.15, 0.2) is 5.82 Å². The van der Waals surface area contributed by atoms with Crippen LogP contribution in [0.4, 0.5) is 4.39 Å². The van der Waals surface area contributed by atoms with Crippen LogP contribution in [0.3, 0.4) is 0 Å². The van der Waals surface area contributed by atoms with Crippen LogP contribution in [-0.4, -0.2) is 39.9 Å². The highest BCUT2D eigenvalue weighted by Gasteiger charge is 2.19. The average Bonchev–Trinajstić information content (AvgIpc) is 3.34. The van der Waals surface area contributed by atoms with E-state index in [-0.39, 0.29) is 24.1 Å². The quantitative estimate of drug-likeness (QED) is 0.512. The Labute approximate surface area is 155 Å². The molecule has 0 radical (unpaired) electrons. The highest BCUT2D eigenvalue weighted by Crippen LogP contribution is 2.20. The molecule has 0 saturated heterocycles. The average molecular weight is 370 g/mol. The van der Waals surface area contributed by atoms with Gasteiger partial charge >= 0.3 is 5.97 Å². The van der Waals surface area contributed by atoms with Crippen molar-refractivity contribution in [3.63, 3.8) is 0 Å². The zero-order chi connectivity index (χ0) is 19.2. The first-order chi connectivity index (χ1) is 13.1. The summed E-state index contributed by atoms with van der Waals surface area (Å²) in [7, 11) is 1.33. The van der Waals surface area contributed by atoms with Gasteiger partial charge in [-0.25, -0.2) is 9.07 Å². The molecule has 1 N–H and O–H groups in total. The molecule has 2 aromatic heterocycles. The van der Waals surface area contributed by atoms with Crippen LogP contribution in [0.15, 0.2) is 55.0 Å². The fourth-order valence-electron chi connectivity index (χ4n) is 2.63. The van der Waals surface area contributed by atoms with Crippen LogP contribution in [0, 0.1) is 5.82 Å². The van der Waals surface area contributed by atoms with Crippen molar-refractivity contribution in [3.05, 3.63) is 66.4 Å². The van der Waals surface area contributed by atoms with Gasteiger partial charge in [0, 0.05) is 25.4 Å². The third-order valence-corrected chi connectivity index (χ3v) is 3.98. The monoisotopic (exact) mass is 370 g/mol. The molecule has 8 heteroatoms. The van der Waals surface area contributed by atoms with E-state index in [0.29, 0.717) is 30.0 Å². The number of hydrogen-bond donors (Lipinski definition) is 1. The van der Waals surface area contributed by atoms with Crippen molar-refractivity contribution in [1.82, 2.24) is 19.7 Å². The number of nitrogens with one attached hydrogen (secondary N) is 1. The first-order valence-corrected chi connectivity index (χ1v) is 8.42. The van der Waals surface area contributed by atoms with Gasteiger partial charge in [0.2, 0.25) is 0 Å². The number of rotatable bonds is 7. The second-order valence-corrected chi connectivity index (χ2v) is 5.80. The Morgan fingerprint density at radius 1 is 1.19 bits per heavy atom. The van der Waals surface area contributed by atoms with Gasteiger partial charge in [0.25, 0.3) is 5.91 Å². The van der Waals surface area contributed by atoms with E-state index in [1.807, 2.05) is 12.1 Å². The summed E-state index contributed by atoms with van der Waals surface area (Å²) in [6.07, 6.45) is 5.77. The van der Waals surface area contributed by atoms with Gasteiger partial charge in [0.05, 0.1) is 19.0 Å². The number of carbonyl (C=O) groups excluding carboxylic acids is 2. The summed E-state index contributed by atoms with van der Waals surface area (Å²) in [4.78, 5) is 23.8. The van der Waals surface area contributed by atoms with E-state index in [9.17, 15) is 14.0 Å².